The Morgan fingerprint density at radius 2 is 1.74 bits per heavy atom. The van der Waals surface area contributed by atoms with Crippen molar-refractivity contribution in [2.24, 2.45) is 11.8 Å². The van der Waals surface area contributed by atoms with E-state index in [0.717, 1.165) is 56.5 Å². The highest BCUT2D eigenvalue weighted by atomic mass is 16.5. The molecule has 3 aromatic rings. The van der Waals surface area contributed by atoms with Gasteiger partial charge in [0.15, 0.2) is 0 Å². The van der Waals surface area contributed by atoms with Crippen molar-refractivity contribution in [3.05, 3.63) is 101 Å². The molecular weight excluding hydrogens is 522 g/mol. The molecule has 6 nitrogen and oxygen atoms in total. The standard InChI is InChI=1S/C36H39N3O3/c1-42-25-18-19-28-32(22-25)37-33(27-16-9-13-23-10-5-6-14-26(23)27)30-20-21-39(34(28)30)36(41)29-15-7-8-17-31(29)38-35(40)24-11-3-2-4-12-24/h2-6,9-14,18-19,22,27,29-31,33-34,37H,7-8,15-17,20-21H2,1H3,(H,38,40)/t27?,29-,30+,31+,33-,34-/m0/s1. The number of hydrogen-bond donors (Lipinski definition) is 2. The molecule has 7 rings (SSSR count). The molecule has 0 spiro atoms. The Hall–Kier alpha value is -4.06. The molecule has 1 saturated carbocycles. The molecular formula is C36H39N3O3. The number of carbonyl (C=O) groups excluding carboxylic acids is 2. The van der Waals surface area contributed by atoms with Gasteiger partial charge in [-0.05, 0) is 60.6 Å². The van der Waals surface area contributed by atoms with Gasteiger partial charge in [-0.1, -0.05) is 73.5 Å². The van der Waals surface area contributed by atoms with Crippen LogP contribution in [0.1, 0.15) is 77.5 Å². The van der Waals surface area contributed by atoms with E-state index < -0.39 is 0 Å². The maximum absolute atomic E-state index is 14.5. The van der Waals surface area contributed by atoms with E-state index in [1.807, 2.05) is 36.4 Å². The van der Waals surface area contributed by atoms with Gasteiger partial charge in [0.05, 0.1) is 19.1 Å². The van der Waals surface area contributed by atoms with E-state index in [9.17, 15) is 9.59 Å². The van der Waals surface area contributed by atoms with E-state index >= 15 is 0 Å². The number of ether oxygens (including phenoxy) is 1. The van der Waals surface area contributed by atoms with Crippen LogP contribution >= 0.6 is 0 Å². The summed E-state index contributed by atoms with van der Waals surface area (Å²) in [6.45, 7) is 0.734. The molecule has 2 amide bonds. The summed E-state index contributed by atoms with van der Waals surface area (Å²) in [7, 11) is 1.70. The molecule has 3 aromatic carbocycles. The number of nitrogens with zero attached hydrogens (tertiary/aromatic N) is 1. The molecule has 4 aliphatic rings. The Labute approximate surface area is 248 Å². The molecule has 2 fully saturated rings. The predicted octanol–water partition coefficient (Wildman–Crippen LogP) is 6.57. The number of benzene rings is 3. The van der Waals surface area contributed by atoms with Crippen molar-refractivity contribution in [3.8, 4) is 5.75 Å². The van der Waals surface area contributed by atoms with Gasteiger partial charge in [-0.3, -0.25) is 9.59 Å². The molecule has 6 atom stereocenters. The van der Waals surface area contributed by atoms with Gasteiger partial charge in [0.1, 0.15) is 5.75 Å². The van der Waals surface area contributed by atoms with Gasteiger partial charge in [-0.2, -0.15) is 0 Å². The van der Waals surface area contributed by atoms with Gasteiger partial charge in [0.2, 0.25) is 5.91 Å². The van der Waals surface area contributed by atoms with Crippen LogP contribution in [-0.2, 0) is 4.79 Å². The highest BCUT2D eigenvalue weighted by Crippen LogP contribution is 2.52. The molecule has 6 heteroatoms. The average Bonchev–Trinajstić information content (AvgIpc) is 3.50. The Kier molecular flexibility index (Phi) is 7.22. The van der Waals surface area contributed by atoms with E-state index in [4.69, 9.17) is 4.74 Å². The lowest BCUT2D eigenvalue weighted by molar-refractivity contribution is -0.138. The van der Waals surface area contributed by atoms with Crippen molar-refractivity contribution in [1.29, 1.82) is 0 Å². The summed E-state index contributed by atoms with van der Waals surface area (Å²) in [6.07, 6.45) is 10.1. The van der Waals surface area contributed by atoms with Crippen LogP contribution in [0, 0.1) is 11.8 Å². The van der Waals surface area contributed by atoms with Crippen LogP contribution in [-0.4, -0.2) is 42.5 Å². The smallest absolute Gasteiger partial charge is 0.251 e. The Morgan fingerprint density at radius 1 is 0.929 bits per heavy atom. The zero-order valence-corrected chi connectivity index (χ0v) is 24.2. The molecule has 1 unspecified atom stereocenters. The largest absolute Gasteiger partial charge is 0.497 e. The van der Waals surface area contributed by atoms with E-state index in [1.165, 1.54) is 16.7 Å². The maximum Gasteiger partial charge on any atom is 0.251 e. The summed E-state index contributed by atoms with van der Waals surface area (Å²) < 4.78 is 5.61. The van der Waals surface area contributed by atoms with Gasteiger partial charge in [0.25, 0.3) is 5.91 Å². The summed E-state index contributed by atoms with van der Waals surface area (Å²) in [4.78, 5) is 29.8. The number of methoxy groups -OCH3 is 1. The highest BCUT2D eigenvalue weighted by Gasteiger charge is 2.50. The van der Waals surface area contributed by atoms with Gasteiger partial charge >= 0.3 is 0 Å². The first-order chi connectivity index (χ1) is 20.6. The third kappa shape index (κ3) is 4.77. The first-order valence-corrected chi connectivity index (χ1v) is 15.5. The minimum atomic E-state index is -0.210. The van der Waals surface area contributed by atoms with Crippen LogP contribution in [0.15, 0.2) is 78.9 Å². The quantitative estimate of drug-likeness (QED) is 0.370. The van der Waals surface area contributed by atoms with Crippen molar-refractivity contribution in [1.82, 2.24) is 10.2 Å². The molecule has 2 aliphatic heterocycles. The average molecular weight is 562 g/mol. The summed E-state index contributed by atoms with van der Waals surface area (Å²) in [6, 6.07) is 24.3. The zero-order valence-electron chi connectivity index (χ0n) is 24.2. The van der Waals surface area contributed by atoms with Crippen LogP contribution in [0.5, 0.6) is 5.75 Å². The minimum absolute atomic E-state index is 0.00451. The van der Waals surface area contributed by atoms with Crippen LogP contribution in [0.3, 0.4) is 0 Å². The number of hydrogen-bond acceptors (Lipinski definition) is 4. The molecule has 2 N–H and O–H groups in total. The van der Waals surface area contributed by atoms with Crippen molar-refractivity contribution < 1.29 is 14.3 Å². The molecule has 0 radical (unpaired) electrons. The Balaban J connectivity index is 1.20. The maximum atomic E-state index is 14.5. The van der Waals surface area contributed by atoms with Crippen molar-refractivity contribution in [2.75, 3.05) is 19.0 Å². The minimum Gasteiger partial charge on any atom is -0.497 e. The van der Waals surface area contributed by atoms with E-state index in [1.54, 1.807) is 7.11 Å². The van der Waals surface area contributed by atoms with Gasteiger partial charge in [-0.25, -0.2) is 0 Å². The van der Waals surface area contributed by atoms with Crippen molar-refractivity contribution in [2.45, 2.75) is 62.6 Å². The Morgan fingerprint density at radius 3 is 2.60 bits per heavy atom. The first-order valence-electron chi connectivity index (χ1n) is 15.5. The number of allylic oxidation sites excluding steroid dienone is 1. The molecule has 42 heavy (non-hydrogen) atoms. The molecule has 0 aromatic heterocycles. The Bertz CT molecular complexity index is 1500. The molecule has 216 valence electrons. The van der Waals surface area contributed by atoms with Crippen molar-refractivity contribution in [3.63, 3.8) is 0 Å². The van der Waals surface area contributed by atoms with Crippen LogP contribution in [0.4, 0.5) is 5.69 Å². The SMILES string of the molecule is COc1ccc2c(c1)N[C@@H](C1CC=Cc3ccccc31)[C@H]1CCN(C(=O)[C@H]3CCCC[C@H]3NC(=O)c3ccccc3)[C@@H]21. The number of amides is 2. The fourth-order valence-corrected chi connectivity index (χ4v) is 8.03. The molecule has 1 saturated heterocycles. The van der Waals surface area contributed by atoms with E-state index in [-0.39, 0.29) is 35.9 Å². The highest BCUT2D eigenvalue weighted by molar-refractivity contribution is 5.95. The first kappa shape index (κ1) is 26.8. The van der Waals surface area contributed by atoms with Crippen molar-refractivity contribution >= 4 is 23.6 Å². The predicted molar refractivity (Wildman–Crippen MR) is 165 cm³/mol. The fraction of sp³-hybridized carbons (Fsp3) is 0.389. The second-order valence-corrected chi connectivity index (χ2v) is 12.3. The summed E-state index contributed by atoms with van der Waals surface area (Å²) in [5.41, 5.74) is 5.53. The number of fused-ring (bicyclic) bond motifs is 4. The topological polar surface area (TPSA) is 70.7 Å². The zero-order chi connectivity index (χ0) is 28.6. The molecule has 2 aliphatic carbocycles. The van der Waals surface area contributed by atoms with E-state index in [2.05, 4.69) is 64.1 Å². The lowest BCUT2D eigenvalue weighted by atomic mass is 9.72. The summed E-state index contributed by atoms with van der Waals surface area (Å²) >= 11 is 0. The third-order valence-electron chi connectivity index (χ3n) is 10.0. The molecule has 0 bridgehead atoms. The second-order valence-electron chi connectivity index (χ2n) is 12.3. The van der Waals surface area contributed by atoms with Gasteiger partial charge in [0, 0.05) is 47.8 Å². The normalized spacial score (nSPS) is 27.7. The lowest BCUT2D eigenvalue weighted by Crippen LogP contribution is -2.51. The summed E-state index contributed by atoms with van der Waals surface area (Å²) in [5, 5.41) is 7.18. The van der Waals surface area contributed by atoms with Crippen LogP contribution in [0.2, 0.25) is 0 Å². The lowest BCUT2D eigenvalue weighted by Gasteiger charge is -2.45. The number of rotatable bonds is 5. The summed E-state index contributed by atoms with van der Waals surface area (Å²) in [5.74, 6) is 1.31. The monoisotopic (exact) mass is 561 g/mol. The number of nitrogens with one attached hydrogen (secondary N) is 2. The van der Waals surface area contributed by atoms with E-state index in [0.29, 0.717) is 17.4 Å². The fourth-order valence-electron chi connectivity index (χ4n) is 8.03. The van der Waals surface area contributed by atoms with Gasteiger partial charge in [-0.15, -0.1) is 0 Å². The van der Waals surface area contributed by atoms with Crippen LogP contribution < -0.4 is 15.4 Å². The van der Waals surface area contributed by atoms with Gasteiger partial charge < -0.3 is 20.3 Å². The number of carbonyl (C=O) groups is 2. The van der Waals surface area contributed by atoms with Crippen LogP contribution in [0.25, 0.3) is 6.08 Å². The molecule has 2 heterocycles. The number of likely N-dealkylation sites (tertiary alicyclic amines) is 1. The third-order valence-corrected chi connectivity index (χ3v) is 10.0. The second kappa shape index (κ2) is 11.3. The number of anilines is 1.